The van der Waals surface area contributed by atoms with Crippen LogP contribution in [-0.2, 0) is 9.53 Å². The molecule has 0 atom stereocenters. The number of rotatable bonds is 3. The van der Waals surface area contributed by atoms with Crippen molar-refractivity contribution in [3.63, 3.8) is 0 Å². The molecule has 0 saturated carbocycles. The van der Waals surface area contributed by atoms with Gasteiger partial charge in [-0.15, -0.1) is 0 Å². The summed E-state index contributed by atoms with van der Waals surface area (Å²) in [4.78, 5) is 10.2. The van der Waals surface area contributed by atoms with Crippen molar-refractivity contribution in [3.05, 3.63) is 12.7 Å². The Balaban J connectivity index is 0. The van der Waals surface area contributed by atoms with E-state index in [1.165, 1.54) is 0 Å². The molecule has 0 radical (unpaired) electrons. The van der Waals surface area contributed by atoms with Crippen LogP contribution in [0.1, 0.15) is 13.3 Å². The molecule has 0 rings (SSSR count). The van der Waals surface area contributed by atoms with Crippen molar-refractivity contribution in [1.29, 1.82) is 0 Å². The molecule has 0 amide bonds. The molecule has 0 spiro atoms. The molecule has 0 unspecified atom stereocenters. The van der Waals surface area contributed by atoms with Crippen LogP contribution in [0.3, 0.4) is 0 Å². The third-order valence-corrected chi connectivity index (χ3v) is 0.615. The molecule has 0 fully saturated rings. The SMILES string of the molecule is C=CC(=O)OCCC.CNC. The Bertz CT molecular complexity index is 102. The van der Waals surface area contributed by atoms with Crippen LogP contribution < -0.4 is 5.32 Å². The zero-order valence-corrected chi connectivity index (χ0v) is 7.52. The molecule has 1 N–H and O–H groups in total. The standard InChI is InChI=1S/C6H10O2.C2H7N/c1-3-5-8-6(7)4-2;1-3-2/h4H,2-3,5H2,1H3;3H,1-2H3. The lowest BCUT2D eigenvalue weighted by molar-refractivity contribution is -0.137. The molecule has 11 heavy (non-hydrogen) atoms. The normalized spacial score (nSPS) is 7.55. The van der Waals surface area contributed by atoms with Gasteiger partial charge in [-0.2, -0.15) is 0 Å². The monoisotopic (exact) mass is 159 g/mol. The molecule has 0 aromatic rings. The number of carbonyl (C=O) groups excluding carboxylic acids is 1. The molecule has 3 nitrogen and oxygen atoms in total. The quantitative estimate of drug-likeness (QED) is 0.492. The number of hydrogen-bond acceptors (Lipinski definition) is 3. The van der Waals surface area contributed by atoms with E-state index in [1.54, 1.807) is 0 Å². The van der Waals surface area contributed by atoms with Gasteiger partial charge in [0.1, 0.15) is 0 Å². The molecule has 0 aliphatic heterocycles. The molecule has 0 aliphatic carbocycles. The largest absolute Gasteiger partial charge is 0.463 e. The predicted molar refractivity (Wildman–Crippen MR) is 46.4 cm³/mol. The van der Waals surface area contributed by atoms with E-state index in [9.17, 15) is 4.79 Å². The van der Waals surface area contributed by atoms with Crippen LogP contribution in [0.2, 0.25) is 0 Å². The van der Waals surface area contributed by atoms with Crippen LogP contribution in [0, 0.1) is 0 Å². The molecule has 3 heteroatoms. The lowest BCUT2D eigenvalue weighted by Gasteiger charge is -1.94. The first-order chi connectivity index (χ1) is 5.22. The molecule has 0 aromatic carbocycles. The maximum absolute atomic E-state index is 10.2. The van der Waals surface area contributed by atoms with Crippen molar-refractivity contribution in [2.75, 3.05) is 20.7 Å². The lowest BCUT2D eigenvalue weighted by atomic mass is 10.5. The van der Waals surface area contributed by atoms with E-state index in [4.69, 9.17) is 0 Å². The van der Waals surface area contributed by atoms with Crippen molar-refractivity contribution in [2.45, 2.75) is 13.3 Å². The highest BCUT2D eigenvalue weighted by Gasteiger charge is 1.89. The molecule has 0 aromatic heterocycles. The number of carbonyl (C=O) groups is 1. The lowest BCUT2D eigenvalue weighted by Crippen LogP contribution is -1.99. The van der Waals surface area contributed by atoms with Crippen LogP contribution >= 0.6 is 0 Å². The van der Waals surface area contributed by atoms with Gasteiger partial charge in [-0.3, -0.25) is 0 Å². The molecule has 66 valence electrons. The van der Waals surface area contributed by atoms with Gasteiger partial charge in [0.2, 0.25) is 0 Å². The zero-order chi connectivity index (χ0) is 9.11. The second-order valence-electron chi connectivity index (χ2n) is 1.87. The summed E-state index contributed by atoms with van der Waals surface area (Å²) in [6, 6.07) is 0. The van der Waals surface area contributed by atoms with Gasteiger partial charge in [0.05, 0.1) is 6.61 Å². The predicted octanol–water partition coefficient (Wildman–Crippen LogP) is 0.961. The fourth-order valence-corrected chi connectivity index (χ4v) is 0.262. The summed E-state index contributed by atoms with van der Waals surface area (Å²) in [6.45, 7) is 5.67. The molecule has 0 aliphatic rings. The third-order valence-electron chi connectivity index (χ3n) is 0.615. The van der Waals surface area contributed by atoms with Gasteiger partial charge in [-0.05, 0) is 20.5 Å². The minimum Gasteiger partial charge on any atom is -0.463 e. The maximum atomic E-state index is 10.2. The topological polar surface area (TPSA) is 38.3 Å². The fourth-order valence-electron chi connectivity index (χ4n) is 0.262. The van der Waals surface area contributed by atoms with Crippen molar-refractivity contribution >= 4 is 5.97 Å². The van der Waals surface area contributed by atoms with Crippen LogP contribution in [0.15, 0.2) is 12.7 Å². The van der Waals surface area contributed by atoms with Gasteiger partial charge >= 0.3 is 5.97 Å². The average molecular weight is 159 g/mol. The van der Waals surface area contributed by atoms with Crippen molar-refractivity contribution in [1.82, 2.24) is 5.32 Å². The molecule has 0 saturated heterocycles. The Morgan fingerprint density at radius 3 is 2.36 bits per heavy atom. The number of nitrogens with one attached hydrogen (secondary N) is 1. The van der Waals surface area contributed by atoms with E-state index in [0.29, 0.717) is 6.61 Å². The van der Waals surface area contributed by atoms with Gasteiger partial charge in [0.15, 0.2) is 0 Å². The van der Waals surface area contributed by atoms with Gasteiger partial charge in [-0.1, -0.05) is 13.5 Å². The smallest absolute Gasteiger partial charge is 0.330 e. The Morgan fingerprint density at radius 1 is 1.64 bits per heavy atom. The first-order valence-electron chi connectivity index (χ1n) is 3.60. The zero-order valence-electron chi connectivity index (χ0n) is 7.52. The van der Waals surface area contributed by atoms with Gasteiger partial charge in [0.25, 0.3) is 0 Å². The Kier molecular flexibility index (Phi) is 13.9. The Labute approximate surface area is 68.4 Å². The van der Waals surface area contributed by atoms with Crippen molar-refractivity contribution in [3.8, 4) is 0 Å². The summed E-state index contributed by atoms with van der Waals surface area (Å²) >= 11 is 0. The van der Waals surface area contributed by atoms with Crippen LogP contribution in [0.25, 0.3) is 0 Å². The summed E-state index contributed by atoms with van der Waals surface area (Å²) in [5.74, 6) is -0.341. The Hall–Kier alpha value is -0.830. The molecular weight excluding hydrogens is 142 g/mol. The molecule has 0 bridgehead atoms. The summed E-state index contributed by atoms with van der Waals surface area (Å²) in [5.41, 5.74) is 0. The molecule has 0 heterocycles. The highest BCUT2D eigenvalue weighted by atomic mass is 16.5. The van der Waals surface area contributed by atoms with Gasteiger partial charge < -0.3 is 10.1 Å². The summed E-state index contributed by atoms with van der Waals surface area (Å²) in [7, 11) is 3.75. The first kappa shape index (κ1) is 12.8. The van der Waals surface area contributed by atoms with E-state index < -0.39 is 0 Å². The third kappa shape index (κ3) is 17.6. The highest BCUT2D eigenvalue weighted by Crippen LogP contribution is 1.81. The van der Waals surface area contributed by atoms with Gasteiger partial charge in [0, 0.05) is 6.08 Å². The van der Waals surface area contributed by atoms with E-state index in [-0.39, 0.29) is 5.97 Å². The minimum absolute atomic E-state index is 0.341. The fraction of sp³-hybridized carbons (Fsp3) is 0.625. The van der Waals surface area contributed by atoms with E-state index in [2.05, 4.69) is 16.6 Å². The number of ether oxygens (including phenoxy) is 1. The summed E-state index contributed by atoms with van der Waals surface area (Å²) in [5, 5.41) is 2.75. The second kappa shape index (κ2) is 11.9. The maximum Gasteiger partial charge on any atom is 0.330 e. The van der Waals surface area contributed by atoms with Crippen molar-refractivity contribution < 1.29 is 9.53 Å². The second-order valence-corrected chi connectivity index (χ2v) is 1.87. The van der Waals surface area contributed by atoms with Crippen molar-refractivity contribution in [2.24, 2.45) is 0 Å². The summed E-state index contributed by atoms with van der Waals surface area (Å²) in [6.07, 6.45) is 2.02. The average Bonchev–Trinajstić information content (AvgIpc) is 2.02. The summed E-state index contributed by atoms with van der Waals surface area (Å²) < 4.78 is 4.58. The minimum atomic E-state index is -0.341. The molecular formula is C8H17NO2. The van der Waals surface area contributed by atoms with E-state index in [0.717, 1.165) is 12.5 Å². The van der Waals surface area contributed by atoms with Crippen LogP contribution in [0.4, 0.5) is 0 Å². The number of esters is 1. The number of hydrogen-bond donors (Lipinski definition) is 1. The highest BCUT2D eigenvalue weighted by molar-refractivity contribution is 5.81. The van der Waals surface area contributed by atoms with Crippen LogP contribution in [0.5, 0.6) is 0 Å². The van der Waals surface area contributed by atoms with Crippen LogP contribution in [-0.4, -0.2) is 26.7 Å². The van der Waals surface area contributed by atoms with Gasteiger partial charge in [-0.25, -0.2) is 4.79 Å². The van der Waals surface area contributed by atoms with E-state index in [1.807, 2.05) is 21.0 Å². The van der Waals surface area contributed by atoms with E-state index >= 15 is 0 Å². The first-order valence-corrected chi connectivity index (χ1v) is 3.60. The Morgan fingerprint density at radius 2 is 2.09 bits per heavy atom.